The van der Waals surface area contributed by atoms with Crippen molar-refractivity contribution in [1.29, 1.82) is 0 Å². The zero-order valence-electron chi connectivity index (χ0n) is 23.5. The molecule has 210 valence electrons. The van der Waals surface area contributed by atoms with Crippen LogP contribution < -0.4 is 19.7 Å². The van der Waals surface area contributed by atoms with Gasteiger partial charge in [0, 0.05) is 21.8 Å². The van der Waals surface area contributed by atoms with Crippen LogP contribution in [0.2, 0.25) is 5.02 Å². The highest BCUT2D eigenvalue weighted by atomic mass is 35.5. The van der Waals surface area contributed by atoms with E-state index in [2.05, 4.69) is 5.32 Å². The summed E-state index contributed by atoms with van der Waals surface area (Å²) in [5.74, 6) is -1.11. The lowest BCUT2D eigenvalue weighted by atomic mass is 9.63. The molecule has 3 heterocycles. The molecule has 0 saturated carbocycles. The Hall–Kier alpha value is -4.10. The lowest BCUT2D eigenvalue weighted by molar-refractivity contribution is -0.128. The number of ether oxygens (including phenoxy) is 2. The molecule has 0 aromatic heterocycles. The molecule has 1 amide bonds. The minimum absolute atomic E-state index is 0.145. The maximum Gasteiger partial charge on any atom is 0.238 e. The Bertz CT molecular complexity index is 1640. The van der Waals surface area contributed by atoms with E-state index in [1.807, 2.05) is 74.2 Å². The van der Waals surface area contributed by atoms with Gasteiger partial charge in [-0.3, -0.25) is 14.4 Å². The summed E-state index contributed by atoms with van der Waals surface area (Å²) in [7, 11) is 3.01. The van der Waals surface area contributed by atoms with Crippen LogP contribution in [0.4, 0.5) is 11.4 Å². The Morgan fingerprint density at radius 1 is 1.00 bits per heavy atom. The molecule has 0 radical (unpaired) electrons. The Kier molecular flexibility index (Phi) is 6.27. The third-order valence-electron chi connectivity index (χ3n) is 8.56. The highest BCUT2D eigenvalue weighted by molar-refractivity contribution is 6.31. The Morgan fingerprint density at radius 2 is 1.76 bits per heavy atom. The molecule has 0 bridgehead atoms. The summed E-state index contributed by atoms with van der Waals surface area (Å²) in [5, 5.41) is 3.59. The summed E-state index contributed by atoms with van der Waals surface area (Å²) in [6.07, 6.45) is 3.86. The molecular weight excluding hydrogens is 540 g/mol. The molecule has 0 unspecified atom stereocenters. The molecule has 1 spiro atoms. The van der Waals surface area contributed by atoms with E-state index >= 15 is 4.79 Å². The first-order valence-corrected chi connectivity index (χ1v) is 13.9. The summed E-state index contributed by atoms with van der Waals surface area (Å²) in [5.41, 5.74) is 0.906. The summed E-state index contributed by atoms with van der Waals surface area (Å²) < 4.78 is 11.1. The maximum atomic E-state index is 15.0. The average Bonchev–Trinajstić information content (AvgIpc) is 3.43. The number of nitrogens with zero attached hydrogens (tertiary/aromatic N) is 1. The zero-order valence-corrected chi connectivity index (χ0v) is 24.3. The predicted octanol–water partition coefficient (Wildman–Crippen LogP) is 5.95. The van der Waals surface area contributed by atoms with E-state index in [1.54, 1.807) is 24.3 Å². The fraction of sp³-hybridized carbons (Fsp3) is 0.303. The van der Waals surface area contributed by atoms with Crippen molar-refractivity contribution in [2.45, 2.75) is 38.3 Å². The summed E-state index contributed by atoms with van der Waals surface area (Å²) >= 11 is 6.36. The van der Waals surface area contributed by atoms with Gasteiger partial charge in [-0.15, -0.1) is 0 Å². The van der Waals surface area contributed by atoms with Crippen LogP contribution in [-0.2, 0) is 15.0 Å². The molecule has 8 heteroatoms. The van der Waals surface area contributed by atoms with Gasteiger partial charge in [0.1, 0.15) is 23.0 Å². The van der Waals surface area contributed by atoms with Gasteiger partial charge in [0.25, 0.3) is 0 Å². The molecule has 0 aliphatic carbocycles. The number of halogens is 1. The second-order valence-corrected chi connectivity index (χ2v) is 12.2. The number of carbonyl (C=O) groups is 3. The van der Waals surface area contributed by atoms with Crippen molar-refractivity contribution in [1.82, 2.24) is 0 Å². The van der Waals surface area contributed by atoms with Crippen molar-refractivity contribution >= 4 is 46.5 Å². The minimum Gasteiger partial charge on any atom is -0.497 e. The number of para-hydroxylation sites is 1. The predicted molar refractivity (Wildman–Crippen MR) is 159 cm³/mol. The van der Waals surface area contributed by atoms with E-state index in [0.717, 1.165) is 11.3 Å². The molecular formula is C33H31ClN2O5. The molecule has 3 aliphatic rings. The molecule has 3 aromatic carbocycles. The fourth-order valence-corrected chi connectivity index (χ4v) is 6.95. The van der Waals surface area contributed by atoms with Crippen LogP contribution in [0.1, 0.15) is 42.3 Å². The minimum atomic E-state index is -1.40. The number of anilines is 2. The quantitative estimate of drug-likeness (QED) is 0.382. The van der Waals surface area contributed by atoms with Gasteiger partial charge in [-0.1, -0.05) is 62.7 Å². The van der Waals surface area contributed by atoms with Crippen molar-refractivity contribution in [2.75, 3.05) is 24.4 Å². The molecule has 3 aromatic rings. The molecule has 7 nitrogen and oxygen atoms in total. The summed E-state index contributed by atoms with van der Waals surface area (Å²) in [4.78, 5) is 45.9. The molecule has 4 atom stereocenters. The van der Waals surface area contributed by atoms with E-state index in [-0.39, 0.29) is 23.0 Å². The molecule has 41 heavy (non-hydrogen) atoms. The van der Waals surface area contributed by atoms with E-state index in [9.17, 15) is 9.59 Å². The van der Waals surface area contributed by atoms with Gasteiger partial charge in [0.2, 0.25) is 5.91 Å². The van der Waals surface area contributed by atoms with E-state index < -0.39 is 28.8 Å². The maximum absolute atomic E-state index is 15.0. The fourth-order valence-electron chi connectivity index (χ4n) is 6.77. The first kappa shape index (κ1) is 27.1. The van der Waals surface area contributed by atoms with Gasteiger partial charge in [0.15, 0.2) is 11.6 Å². The molecule has 3 aliphatic heterocycles. The van der Waals surface area contributed by atoms with E-state index in [4.69, 9.17) is 21.1 Å². The highest BCUT2D eigenvalue weighted by Gasteiger charge is 2.71. The Balaban J connectivity index is 1.70. The van der Waals surface area contributed by atoms with Crippen molar-refractivity contribution in [3.05, 3.63) is 88.5 Å². The van der Waals surface area contributed by atoms with Gasteiger partial charge in [-0.05, 0) is 53.6 Å². The number of nitrogens with one attached hydrogen (secondary N) is 1. The monoisotopic (exact) mass is 570 g/mol. The van der Waals surface area contributed by atoms with E-state index in [0.29, 0.717) is 27.8 Å². The normalized spacial score (nSPS) is 24.0. The van der Waals surface area contributed by atoms with E-state index in [1.165, 1.54) is 14.2 Å². The number of carbonyl (C=O) groups excluding carboxylic acids is 3. The molecule has 1 fully saturated rings. The van der Waals surface area contributed by atoms with Crippen molar-refractivity contribution in [2.24, 2.45) is 11.3 Å². The number of fused-ring (bicyclic) bond motifs is 6. The third-order valence-corrected chi connectivity index (χ3v) is 8.79. The zero-order chi connectivity index (χ0) is 29.3. The van der Waals surface area contributed by atoms with Gasteiger partial charge in [0.05, 0.1) is 31.7 Å². The number of benzene rings is 3. The van der Waals surface area contributed by atoms with Crippen LogP contribution in [0.3, 0.4) is 0 Å². The van der Waals surface area contributed by atoms with Gasteiger partial charge < -0.3 is 19.7 Å². The van der Waals surface area contributed by atoms with Crippen LogP contribution in [0, 0.1) is 11.3 Å². The van der Waals surface area contributed by atoms with Crippen LogP contribution in [0.5, 0.6) is 11.5 Å². The number of Topliss-reactive ketones (excluding diaryl/α,β-unsaturated/α-hetero) is 2. The van der Waals surface area contributed by atoms with Crippen molar-refractivity contribution < 1.29 is 23.9 Å². The second kappa shape index (κ2) is 9.48. The Morgan fingerprint density at radius 3 is 2.46 bits per heavy atom. The first-order chi connectivity index (χ1) is 19.5. The number of amides is 1. The van der Waals surface area contributed by atoms with Gasteiger partial charge in [-0.2, -0.15) is 0 Å². The molecule has 6 rings (SSSR count). The van der Waals surface area contributed by atoms with Crippen LogP contribution in [0.25, 0.3) is 6.08 Å². The Labute approximate surface area is 244 Å². The number of rotatable bonds is 5. The number of hydrogen-bond acceptors (Lipinski definition) is 6. The number of hydrogen-bond donors (Lipinski definition) is 1. The highest BCUT2D eigenvalue weighted by Crippen LogP contribution is 2.59. The summed E-state index contributed by atoms with van der Waals surface area (Å²) in [6.45, 7) is 5.52. The SMILES string of the molecule is COc1ccc(OC)c(C(=O)[C@@H]2[C@H](C(=O)C(C)(C)C)N3c4ccc(Cl)cc4C=C[C@H]3[C@]23C(=O)Nc2ccccc23)c1. The number of ketones is 2. The number of methoxy groups -OCH3 is 2. The van der Waals surface area contributed by atoms with Gasteiger partial charge >= 0.3 is 0 Å². The molecule has 1 N–H and O–H groups in total. The standard InChI is InChI=1S/C33H31ClN2O5/c1-32(2,3)30(38)28-27(29(37)21-17-20(40-4)12-14-25(21)41-5)33(22-8-6-7-9-23(22)35-31(33)39)26-15-10-18-16-19(34)11-13-24(18)36(26)28/h6-17,26-28H,1-5H3,(H,35,39)/t26-,27-,28+,33-/m0/s1. The lowest BCUT2D eigenvalue weighted by Gasteiger charge is -2.38. The van der Waals surface area contributed by atoms with Crippen LogP contribution >= 0.6 is 11.6 Å². The van der Waals surface area contributed by atoms with Gasteiger partial charge in [-0.25, -0.2) is 0 Å². The lowest BCUT2D eigenvalue weighted by Crippen LogP contribution is -2.51. The van der Waals surface area contributed by atoms with Crippen molar-refractivity contribution in [3.8, 4) is 11.5 Å². The smallest absolute Gasteiger partial charge is 0.238 e. The van der Waals surface area contributed by atoms with Crippen LogP contribution in [-0.4, -0.2) is 43.8 Å². The average molecular weight is 571 g/mol. The van der Waals surface area contributed by atoms with Crippen molar-refractivity contribution in [3.63, 3.8) is 0 Å². The summed E-state index contributed by atoms with van der Waals surface area (Å²) in [6, 6.07) is 16.3. The first-order valence-electron chi connectivity index (χ1n) is 13.5. The van der Waals surface area contributed by atoms with Crippen LogP contribution in [0.15, 0.2) is 66.7 Å². The largest absolute Gasteiger partial charge is 0.497 e. The second-order valence-electron chi connectivity index (χ2n) is 11.8. The topological polar surface area (TPSA) is 84.9 Å². The third kappa shape index (κ3) is 3.82. The molecule has 1 saturated heterocycles.